The number of thiazole rings is 1. The highest BCUT2D eigenvalue weighted by Gasteiger charge is 2.48. The first-order valence-corrected chi connectivity index (χ1v) is 14.2. The van der Waals surface area contributed by atoms with E-state index in [1.165, 1.54) is 23.3 Å². The van der Waals surface area contributed by atoms with Gasteiger partial charge < -0.3 is 14.6 Å². The number of hydrogen-bond donors (Lipinski definition) is 1. The second-order valence-electron chi connectivity index (χ2n) is 9.71. The van der Waals surface area contributed by atoms with Gasteiger partial charge in [0.1, 0.15) is 5.76 Å². The van der Waals surface area contributed by atoms with E-state index in [2.05, 4.69) is 11.9 Å². The van der Waals surface area contributed by atoms with E-state index in [1.54, 1.807) is 42.5 Å². The molecule has 0 spiro atoms. The van der Waals surface area contributed by atoms with Crippen molar-refractivity contribution in [3.63, 3.8) is 0 Å². The molecule has 1 N–H and O–H groups in total. The lowest BCUT2D eigenvalue weighted by Crippen LogP contribution is -2.29. The van der Waals surface area contributed by atoms with Crippen LogP contribution in [0.3, 0.4) is 0 Å². The quantitative estimate of drug-likeness (QED) is 0.102. The summed E-state index contributed by atoms with van der Waals surface area (Å²) in [6, 6.07) is 15.2. The van der Waals surface area contributed by atoms with Crippen LogP contribution in [-0.2, 0) is 9.59 Å². The van der Waals surface area contributed by atoms with Crippen LogP contribution in [0.2, 0.25) is 5.02 Å². The molecule has 206 valence electrons. The minimum Gasteiger partial charge on any atom is -0.507 e. The number of amides is 1. The Morgan fingerprint density at radius 1 is 1.07 bits per heavy atom. The zero-order chi connectivity index (χ0) is 28.6. The predicted octanol–water partition coefficient (Wildman–Crippen LogP) is 7.38. The van der Waals surface area contributed by atoms with Crippen LogP contribution in [0, 0.1) is 13.8 Å². The number of carbonyl (C=O) groups excluding carboxylic acids is 2. The number of halogens is 1. The molecule has 1 fully saturated rings. The maximum atomic E-state index is 13.6. The lowest BCUT2D eigenvalue weighted by atomic mass is 9.93. The number of anilines is 1. The standard InChI is InChI=1S/C31H29ClN2O5S/c1-5-6-13-39-23-12-9-19(15-24(23)38-4)27-26(28(35)21-14-17(2)7-8-18(21)3)29(36)30(37)34(27)31-33-22-11-10-20(32)16-25(22)40-31/h7-12,14-16,27,35H,5-6,13H2,1-4H3/b28-26+. The molecule has 1 amide bonds. The van der Waals surface area contributed by atoms with Crippen molar-refractivity contribution in [2.24, 2.45) is 0 Å². The van der Waals surface area contributed by atoms with Gasteiger partial charge in [0, 0.05) is 10.6 Å². The number of carbonyl (C=O) groups is 2. The van der Waals surface area contributed by atoms with Gasteiger partial charge in [0.05, 0.1) is 35.5 Å². The molecule has 2 heterocycles. The number of aliphatic hydroxyl groups is 1. The van der Waals surface area contributed by atoms with E-state index in [0.717, 1.165) is 28.7 Å². The van der Waals surface area contributed by atoms with E-state index < -0.39 is 17.7 Å². The van der Waals surface area contributed by atoms with Gasteiger partial charge in [-0.3, -0.25) is 14.5 Å². The molecule has 5 rings (SSSR count). The Bertz CT molecular complexity index is 1660. The zero-order valence-corrected chi connectivity index (χ0v) is 24.2. The van der Waals surface area contributed by atoms with Crippen molar-refractivity contribution in [2.45, 2.75) is 39.7 Å². The molecule has 3 aromatic carbocycles. The molecule has 40 heavy (non-hydrogen) atoms. The molecule has 1 saturated heterocycles. The third kappa shape index (κ3) is 5.05. The molecule has 1 aliphatic rings. The summed E-state index contributed by atoms with van der Waals surface area (Å²) in [4.78, 5) is 33.3. The highest BCUT2D eigenvalue weighted by Crippen LogP contribution is 2.46. The van der Waals surface area contributed by atoms with Crippen molar-refractivity contribution < 1.29 is 24.2 Å². The molecule has 0 aliphatic carbocycles. The number of ether oxygens (including phenoxy) is 2. The average molecular weight is 577 g/mol. The number of ketones is 1. The van der Waals surface area contributed by atoms with Gasteiger partial charge in [-0.2, -0.15) is 0 Å². The summed E-state index contributed by atoms with van der Waals surface area (Å²) >= 11 is 7.45. The van der Waals surface area contributed by atoms with Crippen LogP contribution in [-0.4, -0.2) is 35.5 Å². The first kappa shape index (κ1) is 27.7. The van der Waals surface area contributed by atoms with E-state index in [4.69, 9.17) is 21.1 Å². The zero-order valence-electron chi connectivity index (χ0n) is 22.7. The van der Waals surface area contributed by atoms with E-state index in [-0.39, 0.29) is 11.3 Å². The van der Waals surface area contributed by atoms with Crippen LogP contribution < -0.4 is 14.4 Å². The second kappa shape index (κ2) is 11.3. The predicted molar refractivity (Wildman–Crippen MR) is 159 cm³/mol. The molecule has 1 unspecified atom stereocenters. The van der Waals surface area contributed by atoms with Crippen LogP contribution in [0.15, 0.2) is 60.2 Å². The summed E-state index contributed by atoms with van der Waals surface area (Å²) in [5, 5.41) is 12.5. The number of nitrogens with zero attached hydrogens (tertiary/aromatic N) is 2. The largest absolute Gasteiger partial charge is 0.507 e. The van der Waals surface area contributed by atoms with Crippen molar-refractivity contribution in [1.29, 1.82) is 0 Å². The van der Waals surface area contributed by atoms with E-state index in [1.807, 2.05) is 26.0 Å². The normalized spacial score (nSPS) is 16.6. The van der Waals surface area contributed by atoms with Gasteiger partial charge in [-0.25, -0.2) is 4.98 Å². The van der Waals surface area contributed by atoms with Gasteiger partial charge >= 0.3 is 5.91 Å². The smallest absolute Gasteiger partial charge is 0.301 e. The molecule has 1 aliphatic heterocycles. The number of aryl methyl sites for hydroxylation is 2. The summed E-state index contributed by atoms with van der Waals surface area (Å²) in [5.41, 5.74) is 3.39. The Morgan fingerprint density at radius 3 is 2.62 bits per heavy atom. The van der Waals surface area contributed by atoms with Crippen molar-refractivity contribution in [1.82, 2.24) is 4.98 Å². The third-order valence-electron chi connectivity index (χ3n) is 6.90. The van der Waals surface area contributed by atoms with Crippen LogP contribution in [0.5, 0.6) is 11.5 Å². The maximum absolute atomic E-state index is 13.6. The summed E-state index contributed by atoms with van der Waals surface area (Å²) in [7, 11) is 1.54. The lowest BCUT2D eigenvalue weighted by molar-refractivity contribution is -0.132. The number of methoxy groups -OCH3 is 1. The Labute approximate surface area is 241 Å². The summed E-state index contributed by atoms with van der Waals surface area (Å²) in [6.07, 6.45) is 1.88. The number of Topliss-reactive ketones (excluding diaryl/α,β-unsaturated/α-hetero) is 1. The fourth-order valence-corrected chi connectivity index (χ4v) is 6.04. The number of fused-ring (bicyclic) bond motifs is 1. The Kier molecular flexibility index (Phi) is 7.83. The minimum absolute atomic E-state index is 0.0160. The van der Waals surface area contributed by atoms with Gasteiger partial charge in [0.15, 0.2) is 16.6 Å². The molecule has 0 saturated carbocycles. The second-order valence-corrected chi connectivity index (χ2v) is 11.2. The minimum atomic E-state index is -0.950. The Balaban J connectivity index is 1.71. The molecular formula is C31H29ClN2O5S. The molecule has 4 aromatic rings. The van der Waals surface area contributed by atoms with Gasteiger partial charge in [0.25, 0.3) is 5.78 Å². The van der Waals surface area contributed by atoms with Gasteiger partial charge in [-0.15, -0.1) is 0 Å². The van der Waals surface area contributed by atoms with E-state index in [0.29, 0.717) is 44.9 Å². The molecule has 0 bridgehead atoms. The fourth-order valence-electron chi connectivity index (χ4n) is 4.77. The number of hydrogen-bond acceptors (Lipinski definition) is 7. The van der Waals surface area contributed by atoms with Crippen molar-refractivity contribution >= 4 is 55.7 Å². The first-order valence-electron chi connectivity index (χ1n) is 13.0. The Morgan fingerprint density at radius 2 is 1.88 bits per heavy atom. The summed E-state index contributed by atoms with van der Waals surface area (Å²) < 4.78 is 12.3. The third-order valence-corrected chi connectivity index (χ3v) is 8.15. The highest BCUT2D eigenvalue weighted by atomic mass is 35.5. The molecule has 9 heteroatoms. The van der Waals surface area contributed by atoms with Gasteiger partial charge in [-0.1, -0.05) is 60.0 Å². The molecule has 7 nitrogen and oxygen atoms in total. The van der Waals surface area contributed by atoms with Crippen LogP contribution in [0.25, 0.3) is 16.0 Å². The number of rotatable bonds is 8. The van der Waals surface area contributed by atoms with Crippen molar-refractivity contribution in [3.8, 4) is 11.5 Å². The fraction of sp³-hybridized carbons (Fsp3) is 0.258. The number of unbranched alkanes of at least 4 members (excludes halogenated alkanes) is 1. The van der Waals surface area contributed by atoms with Gasteiger partial charge in [-0.05, 0) is 67.8 Å². The number of aliphatic hydroxyl groups excluding tert-OH is 1. The molecule has 1 aromatic heterocycles. The summed E-state index contributed by atoms with van der Waals surface area (Å²) in [5.74, 6) is -0.784. The van der Waals surface area contributed by atoms with Crippen LogP contribution >= 0.6 is 22.9 Å². The Hall–Kier alpha value is -3.88. The number of benzene rings is 3. The van der Waals surface area contributed by atoms with Crippen molar-refractivity contribution in [3.05, 3.63) is 87.4 Å². The van der Waals surface area contributed by atoms with Crippen LogP contribution in [0.4, 0.5) is 5.13 Å². The number of aromatic nitrogens is 1. The summed E-state index contributed by atoms with van der Waals surface area (Å²) in [6.45, 7) is 6.37. The van der Waals surface area contributed by atoms with E-state index >= 15 is 0 Å². The van der Waals surface area contributed by atoms with Crippen molar-refractivity contribution in [2.75, 3.05) is 18.6 Å². The van der Waals surface area contributed by atoms with E-state index in [9.17, 15) is 14.7 Å². The maximum Gasteiger partial charge on any atom is 0.301 e. The van der Waals surface area contributed by atoms with Crippen LogP contribution in [0.1, 0.15) is 48.1 Å². The average Bonchev–Trinajstić information content (AvgIpc) is 3.47. The molecule has 1 atom stereocenters. The molecule has 0 radical (unpaired) electrons. The highest BCUT2D eigenvalue weighted by molar-refractivity contribution is 7.22. The monoisotopic (exact) mass is 576 g/mol. The van der Waals surface area contributed by atoms with Gasteiger partial charge in [0.2, 0.25) is 0 Å². The SMILES string of the molecule is CCCCOc1ccc(C2/C(=C(\O)c3cc(C)ccc3C)C(=O)C(=O)N2c2nc3ccc(Cl)cc3s2)cc1OC. The lowest BCUT2D eigenvalue weighted by Gasteiger charge is -2.24. The first-order chi connectivity index (χ1) is 19.2. The topological polar surface area (TPSA) is 89.0 Å². The molecular weight excluding hydrogens is 548 g/mol.